The molecule has 0 aliphatic carbocycles. The normalized spacial score (nSPS) is 14.0. The Morgan fingerprint density at radius 3 is 2.55 bits per heavy atom. The Kier molecular flexibility index (Phi) is 9.16. The quantitative estimate of drug-likeness (QED) is 0.344. The largest absolute Gasteiger partial charge is 0.495 e. The molecule has 160 valence electrons. The first-order chi connectivity index (χ1) is 13.9. The van der Waals surface area contributed by atoms with Gasteiger partial charge in [-0.15, -0.1) is 0 Å². The zero-order valence-corrected chi connectivity index (χ0v) is 19.4. The summed E-state index contributed by atoms with van der Waals surface area (Å²) in [6.07, 6.45) is 6.52. The number of methoxy groups -OCH3 is 1. The standard InChI is InChI=1S/C25H35ClO3/c1-7-10-19(9-3)16-28-24-15-20(14-23(27-6)25(24)26)22-12-11-21(29-22)18(5)13-17(4)8-2/h8,11-12,14-15,18-19H,7,9-10,13,16H2,1-6H3/b17-8-. The molecule has 0 aliphatic rings. The smallest absolute Gasteiger partial charge is 0.142 e. The lowest BCUT2D eigenvalue weighted by molar-refractivity contribution is 0.234. The predicted octanol–water partition coefficient (Wildman–Crippen LogP) is 8.27. The van der Waals surface area contributed by atoms with Gasteiger partial charge in [-0.2, -0.15) is 0 Å². The van der Waals surface area contributed by atoms with Gasteiger partial charge in [-0.25, -0.2) is 0 Å². The molecule has 0 fully saturated rings. The molecule has 2 unspecified atom stereocenters. The molecule has 3 nitrogen and oxygen atoms in total. The monoisotopic (exact) mass is 418 g/mol. The minimum absolute atomic E-state index is 0.323. The van der Waals surface area contributed by atoms with Gasteiger partial charge in [0, 0.05) is 11.5 Å². The van der Waals surface area contributed by atoms with Crippen LogP contribution in [0.25, 0.3) is 11.3 Å². The number of rotatable bonds is 11. The fourth-order valence-corrected chi connectivity index (χ4v) is 3.70. The van der Waals surface area contributed by atoms with Crippen LogP contribution in [0.15, 0.2) is 40.3 Å². The molecule has 0 aliphatic heterocycles. The van der Waals surface area contributed by atoms with Crippen LogP contribution in [-0.4, -0.2) is 13.7 Å². The van der Waals surface area contributed by atoms with Gasteiger partial charge in [-0.3, -0.25) is 0 Å². The molecule has 0 N–H and O–H groups in total. The van der Waals surface area contributed by atoms with Gasteiger partial charge in [0.1, 0.15) is 28.0 Å². The van der Waals surface area contributed by atoms with E-state index in [1.165, 1.54) is 5.57 Å². The lowest BCUT2D eigenvalue weighted by Crippen LogP contribution is -2.11. The van der Waals surface area contributed by atoms with Crippen molar-refractivity contribution in [3.05, 3.63) is 46.7 Å². The van der Waals surface area contributed by atoms with Crippen molar-refractivity contribution < 1.29 is 13.9 Å². The van der Waals surface area contributed by atoms with E-state index >= 15 is 0 Å². The Hall–Kier alpha value is -1.87. The molecule has 4 heteroatoms. The molecule has 0 spiro atoms. The minimum atomic E-state index is 0.323. The van der Waals surface area contributed by atoms with Crippen LogP contribution in [0, 0.1) is 5.92 Å². The van der Waals surface area contributed by atoms with Crippen molar-refractivity contribution in [1.29, 1.82) is 0 Å². The highest BCUT2D eigenvalue weighted by Gasteiger charge is 2.17. The topological polar surface area (TPSA) is 31.6 Å². The van der Waals surface area contributed by atoms with Gasteiger partial charge in [-0.1, -0.05) is 56.9 Å². The van der Waals surface area contributed by atoms with Crippen LogP contribution in [0.2, 0.25) is 5.02 Å². The third-order valence-corrected chi connectivity index (χ3v) is 5.87. The summed E-state index contributed by atoms with van der Waals surface area (Å²) in [5.74, 6) is 3.86. The van der Waals surface area contributed by atoms with E-state index in [1.54, 1.807) is 7.11 Å². The van der Waals surface area contributed by atoms with E-state index in [0.717, 1.165) is 42.8 Å². The molecule has 0 amide bonds. The summed E-state index contributed by atoms with van der Waals surface area (Å²) in [5.41, 5.74) is 2.27. The predicted molar refractivity (Wildman–Crippen MR) is 122 cm³/mol. The third-order valence-electron chi connectivity index (χ3n) is 5.49. The molecule has 1 aromatic carbocycles. The van der Waals surface area contributed by atoms with E-state index in [1.807, 2.05) is 18.2 Å². The third kappa shape index (κ3) is 6.30. The Morgan fingerprint density at radius 2 is 1.93 bits per heavy atom. The zero-order chi connectivity index (χ0) is 21.4. The maximum Gasteiger partial charge on any atom is 0.142 e. The second kappa shape index (κ2) is 11.3. The Morgan fingerprint density at radius 1 is 1.21 bits per heavy atom. The van der Waals surface area contributed by atoms with Gasteiger partial charge >= 0.3 is 0 Å². The van der Waals surface area contributed by atoms with Crippen LogP contribution in [-0.2, 0) is 0 Å². The van der Waals surface area contributed by atoms with E-state index in [0.29, 0.717) is 35.0 Å². The van der Waals surface area contributed by atoms with E-state index in [4.69, 9.17) is 25.5 Å². The maximum absolute atomic E-state index is 6.51. The van der Waals surface area contributed by atoms with Crippen molar-refractivity contribution >= 4 is 11.6 Å². The number of hydrogen-bond acceptors (Lipinski definition) is 3. The molecule has 2 atom stereocenters. The van der Waals surface area contributed by atoms with Crippen molar-refractivity contribution in [3.63, 3.8) is 0 Å². The van der Waals surface area contributed by atoms with Crippen molar-refractivity contribution in [2.75, 3.05) is 13.7 Å². The lowest BCUT2D eigenvalue weighted by atomic mass is 10.00. The average molecular weight is 419 g/mol. The van der Waals surface area contributed by atoms with Crippen LogP contribution >= 0.6 is 11.6 Å². The Labute approximate surface area is 181 Å². The van der Waals surface area contributed by atoms with Crippen molar-refractivity contribution in [1.82, 2.24) is 0 Å². The molecule has 2 rings (SSSR count). The number of ether oxygens (including phenoxy) is 2. The van der Waals surface area contributed by atoms with Crippen molar-refractivity contribution in [3.8, 4) is 22.8 Å². The van der Waals surface area contributed by atoms with E-state index in [2.05, 4.69) is 46.8 Å². The van der Waals surface area contributed by atoms with Crippen LogP contribution in [0.4, 0.5) is 0 Å². The first-order valence-electron chi connectivity index (χ1n) is 10.7. The zero-order valence-electron chi connectivity index (χ0n) is 18.7. The first-order valence-corrected chi connectivity index (χ1v) is 11.0. The number of hydrogen-bond donors (Lipinski definition) is 0. The fourth-order valence-electron chi connectivity index (χ4n) is 3.46. The SMILES string of the molecule is C/C=C(/C)CC(C)c1ccc(-c2cc(OC)c(Cl)c(OCC(CC)CCC)c2)o1. The molecular formula is C25H35ClO3. The van der Waals surface area contributed by atoms with Crippen LogP contribution in [0.3, 0.4) is 0 Å². The summed E-state index contributed by atoms with van der Waals surface area (Å²) in [4.78, 5) is 0. The fraction of sp³-hybridized carbons (Fsp3) is 0.520. The number of allylic oxidation sites excluding steroid dienone is 2. The molecule has 1 aromatic heterocycles. The van der Waals surface area contributed by atoms with Crippen LogP contribution in [0.5, 0.6) is 11.5 Å². The van der Waals surface area contributed by atoms with E-state index in [-0.39, 0.29) is 0 Å². The molecule has 29 heavy (non-hydrogen) atoms. The Balaban J connectivity index is 2.27. The molecule has 2 aromatic rings. The Bertz CT molecular complexity index is 806. The summed E-state index contributed by atoms with van der Waals surface area (Å²) < 4.78 is 17.8. The van der Waals surface area contributed by atoms with Crippen LogP contribution < -0.4 is 9.47 Å². The first kappa shape index (κ1) is 23.4. The molecular weight excluding hydrogens is 384 g/mol. The van der Waals surface area contributed by atoms with Crippen molar-refractivity contribution in [2.45, 2.75) is 66.2 Å². The summed E-state index contributed by atoms with van der Waals surface area (Å²) in [5, 5.41) is 0.506. The average Bonchev–Trinajstić information content (AvgIpc) is 3.22. The minimum Gasteiger partial charge on any atom is -0.495 e. The van der Waals surface area contributed by atoms with Gasteiger partial charge in [0.15, 0.2) is 0 Å². The highest BCUT2D eigenvalue weighted by molar-refractivity contribution is 6.33. The molecule has 0 saturated heterocycles. The molecule has 1 heterocycles. The van der Waals surface area contributed by atoms with Gasteiger partial charge < -0.3 is 13.9 Å². The lowest BCUT2D eigenvalue weighted by Gasteiger charge is -2.17. The highest BCUT2D eigenvalue weighted by Crippen LogP contribution is 2.40. The van der Waals surface area contributed by atoms with Gasteiger partial charge in [-0.05, 0) is 56.9 Å². The molecule has 0 radical (unpaired) electrons. The molecule has 0 saturated carbocycles. The summed E-state index contributed by atoms with van der Waals surface area (Å²) >= 11 is 6.51. The maximum atomic E-state index is 6.51. The van der Waals surface area contributed by atoms with Crippen molar-refractivity contribution in [2.24, 2.45) is 5.92 Å². The highest BCUT2D eigenvalue weighted by atomic mass is 35.5. The van der Waals surface area contributed by atoms with Gasteiger partial charge in [0.05, 0.1) is 13.7 Å². The summed E-state index contributed by atoms with van der Waals surface area (Å²) in [6.45, 7) is 11.5. The van der Waals surface area contributed by atoms with Crippen LogP contribution in [0.1, 0.15) is 72.0 Å². The second-order valence-corrected chi connectivity index (χ2v) is 8.18. The van der Waals surface area contributed by atoms with Gasteiger partial charge in [0.2, 0.25) is 0 Å². The summed E-state index contributed by atoms with van der Waals surface area (Å²) in [7, 11) is 1.62. The number of benzene rings is 1. The second-order valence-electron chi connectivity index (χ2n) is 7.81. The molecule has 0 bridgehead atoms. The van der Waals surface area contributed by atoms with Gasteiger partial charge in [0.25, 0.3) is 0 Å². The summed E-state index contributed by atoms with van der Waals surface area (Å²) in [6, 6.07) is 7.92. The van der Waals surface area contributed by atoms with E-state index in [9.17, 15) is 0 Å². The van der Waals surface area contributed by atoms with E-state index < -0.39 is 0 Å². The number of furan rings is 1. The number of halogens is 1.